The Balaban J connectivity index is 1.75. The second-order valence-electron chi connectivity index (χ2n) is 4.07. The van der Waals surface area contributed by atoms with Crippen molar-refractivity contribution in [3.05, 3.63) is 52.9 Å². The molecule has 0 fully saturated rings. The molecule has 2 aromatic rings. The van der Waals surface area contributed by atoms with Crippen molar-refractivity contribution in [2.75, 3.05) is 6.54 Å². The second kappa shape index (κ2) is 6.61. The number of benzene rings is 1. The predicted molar refractivity (Wildman–Crippen MR) is 74.6 cm³/mol. The minimum absolute atomic E-state index is 0.0960. The van der Waals surface area contributed by atoms with E-state index in [4.69, 9.17) is 9.15 Å². The molecule has 1 aromatic heterocycles. The molecule has 0 aliphatic carbocycles. The van der Waals surface area contributed by atoms with Crippen molar-refractivity contribution in [3.63, 3.8) is 0 Å². The molecule has 1 heterocycles. The van der Waals surface area contributed by atoms with E-state index in [9.17, 15) is 0 Å². The van der Waals surface area contributed by atoms with Crippen LogP contribution < -0.4 is 10.1 Å². The van der Waals surface area contributed by atoms with Crippen LogP contribution in [0.3, 0.4) is 0 Å². The first-order chi connectivity index (χ1) is 8.75. The summed E-state index contributed by atoms with van der Waals surface area (Å²) < 4.78 is 12.0. The third kappa shape index (κ3) is 3.89. The summed E-state index contributed by atoms with van der Waals surface area (Å²) >= 11 is 3.46. The van der Waals surface area contributed by atoms with Crippen molar-refractivity contribution in [1.29, 1.82) is 0 Å². The molecule has 18 heavy (non-hydrogen) atoms. The summed E-state index contributed by atoms with van der Waals surface area (Å²) in [5, 5.41) is 3.29. The van der Waals surface area contributed by atoms with E-state index in [0.717, 1.165) is 29.1 Å². The molecule has 1 aromatic carbocycles. The summed E-state index contributed by atoms with van der Waals surface area (Å²) in [6.45, 7) is 3.52. The van der Waals surface area contributed by atoms with Crippen LogP contribution in [0.2, 0.25) is 0 Å². The monoisotopic (exact) mass is 309 g/mol. The van der Waals surface area contributed by atoms with Crippen molar-refractivity contribution in [3.8, 4) is 5.75 Å². The van der Waals surface area contributed by atoms with Gasteiger partial charge in [0.25, 0.3) is 0 Å². The van der Waals surface area contributed by atoms with E-state index in [1.807, 2.05) is 43.3 Å². The molecule has 0 aliphatic rings. The van der Waals surface area contributed by atoms with E-state index in [1.165, 1.54) is 0 Å². The van der Waals surface area contributed by atoms with Crippen LogP contribution in [0.1, 0.15) is 12.7 Å². The first-order valence-corrected chi connectivity index (χ1v) is 6.69. The van der Waals surface area contributed by atoms with Gasteiger partial charge >= 0.3 is 0 Å². The average Bonchev–Trinajstić information content (AvgIpc) is 2.85. The van der Waals surface area contributed by atoms with Crippen molar-refractivity contribution in [2.24, 2.45) is 0 Å². The zero-order chi connectivity index (χ0) is 12.8. The van der Waals surface area contributed by atoms with Gasteiger partial charge in [-0.2, -0.15) is 0 Å². The Bertz CT molecular complexity index is 470. The fourth-order valence-corrected chi connectivity index (χ4v) is 1.99. The van der Waals surface area contributed by atoms with Gasteiger partial charge in [-0.05, 0) is 47.1 Å². The standard InChI is InChI=1S/C14H16BrNO2/c1-11(9-16-10-12-5-4-8-17-12)18-14-7-3-2-6-13(14)15/h2-8,11,16H,9-10H2,1H3. The highest BCUT2D eigenvalue weighted by Crippen LogP contribution is 2.24. The molecule has 0 saturated heterocycles. The zero-order valence-electron chi connectivity index (χ0n) is 10.2. The summed E-state index contributed by atoms with van der Waals surface area (Å²) in [6.07, 6.45) is 1.77. The van der Waals surface area contributed by atoms with Crippen molar-refractivity contribution >= 4 is 15.9 Å². The van der Waals surface area contributed by atoms with E-state index in [2.05, 4.69) is 21.2 Å². The predicted octanol–water partition coefficient (Wildman–Crippen LogP) is 3.60. The largest absolute Gasteiger partial charge is 0.488 e. The van der Waals surface area contributed by atoms with Crippen molar-refractivity contribution in [2.45, 2.75) is 19.6 Å². The molecule has 1 unspecified atom stereocenters. The fraction of sp³-hybridized carbons (Fsp3) is 0.286. The summed E-state index contributed by atoms with van der Waals surface area (Å²) in [5.41, 5.74) is 0. The number of halogens is 1. The van der Waals surface area contributed by atoms with E-state index in [-0.39, 0.29) is 6.10 Å². The first kappa shape index (κ1) is 13.2. The minimum atomic E-state index is 0.0960. The highest BCUT2D eigenvalue weighted by atomic mass is 79.9. The summed E-state index contributed by atoms with van der Waals surface area (Å²) in [5.74, 6) is 1.80. The summed E-state index contributed by atoms with van der Waals surface area (Å²) in [6, 6.07) is 11.7. The van der Waals surface area contributed by atoms with Gasteiger partial charge in [0.15, 0.2) is 0 Å². The number of hydrogen-bond acceptors (Lipinski definition) is 3. The highest BCUT2D eigenvalue weighted by Gasteiger charge is 2.06. The van der Waals surface area contributed by atoms with Crippen LogP contribution in [0.25, 0.3) is 0 Å². The van der Waals surface area contributed by atoms with Crippen LogP contribution in [0.5, 0.6) is 5.75 Å². The smallest absolute Gasteiger partial charge is 0.133 e. The topological polar surface area (TPSA) is 34.4 Å². The molecule has 4 heteroatoms. The second-order valence-corrected chi connectivity index (χ2v) is 4.92. The zero-order valence-corrected chi connectivity index (χ0v) is 11.8. The third-order valence-electron chi connectivity index (χ3n) is 2.48. The number of rotatable bonds is 6. The lowest BCUT2D eigenvalue weighted by Crippen LogP contribution is -2.28. The number of ether oxygens (including phenoxy) is 1. The van der Waals surface area contributed by atoms with Gasteiger partial charge in [-0.1, -0.05) is 12.1 Å². The summed E-state index contributed by atoms with van der Waals surface area (Å²) in [4.78, 5) is 0. The van der Waals surface area contributed by atoms with Gasteiger partial charge in [0.2, 0.25) is 0 Å². The van der Waals surface area contributed by atoms with Gasteiger partial charge in [-0.25, -0.2) is 0 Å². The first-order valence-electron chi connectivity index (χ1n) is 5.90. The maximum absolute atomic E-state index is 5.82. The lowest BCUT2D eigenvalue weighted by molar-refractivity contribution is 0.214. The number of hydrogen-bond donors (Lipinski definition) is 1. The quantitative estimate of drug-likeness (QED) is 0.885. The molecule has 3 nitrogen and oxygen atoms in total. The molecular weight excluding hydrogens is 294 g/mol. The van der Waals surface area contributed by atoms with Crippen LogP contribution in [0.15, 0.2) is 51.6 Å². The molecule has 1 atom stereocenters. The Labute approximate surface area is 115 Å². The Hall–Kier alpha value is -1.26. The maximum atomic E-state index is 5.82. The molecule has 1 N–H and O–H groups in total. The molecule has 0 radical (unpaired) electrons. The van der Waals surface area contributed by atoms with Crippen molar-refractivity contribution in [1.82, 2.24) is 5.32 Å². The van der Waals surface area contributed by atoms with Gasteiger partial charge in [-0.3, -0.25) is 0 Å². The van der Waals surface area contributed by atoms with Crippen LogP contribution in [-0.4, -0.2) is 12.6 Å². The third-order valence-corrected chi connectivity index (χ3v) is 3.13. The fourth-order valence-electron chi connectivity index (χ4n) is 1.61. The van der Waals surface area contributed by atoms with Gasteiger partial charge in [-0.15, -0.1) is 0 Å². The van der Waals surface area contributed by atoms with E-state index < -0.39 is 0 Å². The van der Waals surface area contributed by atoms with Gasteiger partial charge in [0.05, 0.1) is 17.3 Å². The maximum Gasteiger partial charge on any atom is 0.133 e. The molecule has 2 rings (SSSR count). The van der Waals surface area contributed by atoms with E-state index >= 15 is 0 Å². The molecule has 0 aliphatic heterocycles. The lowest BCUT2D eigenvalue weighted by atomic mass is 10.3. The summed E-state index contributed by atoms with van der Waals surface area (Å²) in [7, 11) is 0. The molecular formula is C14H16BrNO2. The SMILES string of the molecule is CC(CNCc1ccco1)Oc1ccccc1Br. The number of nitrogens with one attached hydrogen (secondary N) is 1. The Morgan fingerprint density at radius 2 is 2.11 bits per heavy atom. The minimum Gasteiger partial charge on any atom is -0.488 e. The van der Waals surface area contributed by atoms with Gasteiger partial charge in [0.1, 0.15) is 17.6 Å². The Morgan fingerprint density at radius 1 is 1.28 bits per heavy atom. The lowest BCUT2D eigenvalue weighted by Gasteiger charge is -2.16. The van der Waals surface area contributed by atoms with Gasteiger partial charge in [0, 0.05) is 6.54 Å². The van der Waals surface area contributed by atoms with E-state index in [0.29, 0.717) is 0 Å². The molecule has 0 spiro atoms. The van der Waals surface area contributed by atoms with Crippen LogP contribution >= 0.6 is 15.9 Å². The van der Waals surface area contributed by atoms with Crippen LogP contribution in [0.4, 0.5) is 0 Å². The Kier molecular flexibility index (Phi) is 4.84. The average molecular weight is 310 g/mol. The molecule has 0 saturated carbocycles. The molecule has 96 valence electrons. The van der Waals surface area contributed by atoms with E-state index in [1.54, 1.807) is 6.26 Å². The molecule has 0 bridgehead atoms. The van der Waals surface area contributed by atoms with Crippen molar-refractivity contribution < 1.29 is 9.15 Å². The van der Waals surface area contributed by atoms with Crippen LogP contribution in [0, 0.1) is 0 Å². The number of para-hydroxylation sites is 1. The van der Waals surface area contributed by atoms with Crippen LogP contribution in [-0.2, 0) is 6.54 Å². The normalized spacial score (nSPS) is 12.3. The van der Waals surface area contributed by atoms with Gasteiger partial charge < -0.3 is 14.5 Å². The highest BCUT2D eigenvalue weighted by molar-refractivity contribution is 9.10. The number of furan rings is 1. The Morgan fingerprint density at radius 3 is 2.83 bits per heavy atom. The molecule has 0 amide bonds.